The standard InChI is InChI=1S/C24H24F3N5O6/c25-24(26,27)38-19-4-2-17(3-5-19)37-18-7-9-30(10-8-18)21-6-1-16(11-28-21)14-35-20-12-31-13-22(32(33)34)29-23(31)36-15-20/h1-6,11,13,18,20H,7-10,12,14-15H2/t20-/m0/s1. The van der Waals surface area contributed by atoms with E-state index in [0.29, 0.717) is 18.9 Å². The van der Waals surface area contributed by atoms with Gasteiger partial charge in [0.05, 0.1) is 13.2 Å². The summed E-state index contributed by atoms with van der Waals surface area (Å²) >= 11 is 0. The minimum absolute atomic E-state index is 0.0523. The van der Waals surface area contributed by atoms with E-state index in [-0.39, 0.29) is 36.4 Å². The molecule has 5 rings (SSSR count). The zero-order valence-corrected chi connectivity index (χ0v) is 20.0. The normalized spacial score (nSPS) is 18.0. The fourth-order valence-corrected chi connectivity index (χ4v) is 4.28. The van der Waals surface area contributed by atoms with Crippen LogP contribution in [0.3, 0.4) is 0 Å². The van der Waals surface area contributed by atoms with Crippen molar-refractivity contribution in [1.82, 2.24) is 14.5 Å². The molecule has 38 heavy (non-hydrogen) atoms. The van der Waals surface area contributed by atoms with Gasteiger partial charge in [-0.2, -0.15) is 0 Å². The SMILES string of the molecule is O=[N+]([O-])c1cn2c(n1)OC[C@@H](OCc1ccc(N3CCC(Oc4ccc(OC(F)(F)F)cc4)CC3)nc1)C2. The molecule has 2 aromatic heterocycles. The first-order valence-electron chi connectivity index (χ1n) is 11.9. The van der Waals surface area contributed by atoms with Gasteiger partial charge in [0.25, 0.3) is 0 Å². The topological polar surface area (TPSA) is 114 Å². The van der Waals surface area contributed by atoms with Gasteiger partial charge in [-0.25, -0.2) is 4.98 Å². The average molecular weight is 535 g/mol. The van der Waals surface area contributed by atoms with Gasteiger partial charge in [-0.05, 0) is 40.8 Å². The molecule has 14 heteroatoms. The van der Waals surface area contributed by atoms with Crippen LogP contribution >= 0.6 is 0 Å². The molecule has 1 aromatic carbocycles. The number of hydrogen-bond donors (Lipinski definition) is 0. The Hall–Kier alpha value is -4.07. The van der Waals surface area contributed by atoms with Gasteiger partial charge in [0, 0.05) is 37.1 Å². The minimum Gasteiger partial charge on any atom is -0.490 e. The van der Waals surface area contributed by atoms with Crippen molar-refractivity contribution in [1.29, 1.82) is 0 Å². The number of hydrogen-bond acceptors (Lipinski definition) is 9. The summed E-state index contributed by atoms with van der Waals surface area (Å²) in [5.41, 5.74) is 0.882. The molecule has 0 radical (unpaired) electrons. The molecular weight excluding hydrogens is 511 g/mol. The fraction of sp³-hybridized carbons (Fsp3) is 0.417. The summed E-state index contributed by atoms with van der Waals surface area (Å²) in [6.07, 6.45) is -0.491. The third-order valence-electron chi connectivity index (χ3n) is 6.13. The molecule has 3 aromatic rings. The van der Waals surface area contributed by atoms with Gasteiger partial charge in [0.15, 0.2) is 0 Å². The Balaban J connectivity index is 1.06. The van der Waals surface area contributed by atoms with Crippen molar-refractivity contribution in [2.24, 2.45) is 0 Å². The lowest BCUT2D eigenvalue weighted by molar-refractivity contribution is -0.389. The highest BCUT2D eigenvalue weighted by atomic mass is 19.4. The Morgan fingerprint density at radius 3 is 2.47 bits per heavy atom. The molecule has 1 fully saturated rings. The molecule has 0 unspecified atom stereocenters. The maximum atomic E-state index is 12.3. The highest BCUT2D eigenvalue weighted by Gasteiger charge is 2.31. The van der Waals surface area contributed by atoms with Gasteiger partial charge in [0.2, 0.25) is 0 Å². The molecule has 11 nitrogen and oxygen atoms in total. The molecule has 0 amide bonds. The van der Waals surface area contributed by atoms with Crippen LogP contribution in [0.15, 0.2) is 48.8 Å². The summed E-state index contributed by atoms with van der Waals surface area (Å²) in [6, 6.07) is 9.47. The lowest BCUT2D eigenvalue weighted by Gasteiger charge is -2.33. The van der Waals surface area contributed by atoms with Gasteiger partial charge in [-0.3, -0.25) is 4.57 Å². The van der Waals surface area contributed by atoms with E-state index in [4.69, 9.17) is 14.2 Å². The highest BCUT2D eigenvalue weighted by molar-refractivity contribution is 5.40. The Morgan fingerprint density at radius 1 is 1.08 bits per heavy atom. The largest absolute Gasteiger partial charge is 0.573 e. The van der Waals surface area contributed by atoms with Crippen molar-refractivity contribution in [2.45, 2.75) is 44.6 Å². The van der Waals surface area contributed by atoms with E-state index in [9.17, 15) is 23.3 Å². The van der Waals surface area contributed by atoms with E-state index in [2.05, 4.69) is 19.6 Å². The van der Waals surface area contributed by atoms with Crippen LogP contribution in [0.1, 0.15) is 18.4 Å². The number of imidazole rings is 1. The van der Waals surface area contributed by atoms with Crippen molar-refractivity contribution in [3.8, 4) is 17.5 Å². The number of pyridine rings is 1. The number of benzene rings is 1. The first kappa shape index (κ1) is 25.6. The second-order valence-corrected chi connectivity index (χ2v) is 8.88. The molecule has 2 aliphatic heterocycles. The summed E-state index contributed by atoms with van der Waals surface area (Å²) in [5, 5.41) is 10.9. The minimum atomic E-state index is -4.72. The first-order chi connectivity index (χ1) is 18.2. The van der Waals surface area contributed by atoms with Gasteiger partial charge in [-0.15, -0.1) is 13.2 Å². The number of alkyl halides is 3. The zero-order chi connectivity index (χ0) is 26.7. The third kappa shape index (κ3) is 6.43. The molecule has 0 aliphatic carbocycles. The Kier molecular flexibility index (Phi) is 7.22. The molecule has 4 heterocycles. The zero-order valence-electron chi connectivity index (χ0n) is 20.0. The second-order valence-electron chi connectivity index (χ2n) is 8.88. The smallest absolute Gasteiger partial charge is 0.490 e. The van der Waals surface area contributed by atoms with Crippen LogP contribution in [0.2, 0.25) is 0 Å². The first-order valence-corrected chi connectivity index (χ1v) is 11.9. The molecule has 0 bridgehead atoms. The van der Waals surface area contributed by atoms with Crippen LogP contribution < -0.4 is 19.1 Å². The van der Waals surface area contributed by atoms with Crippen LogP contribution in [0, 0.1) is 10.1 Å². The van der Waals surface area contributed by atoms with Gasteiger partial charge in [-0.1, -0.05) is 6.07 Å². The molecular formula is C24H24F3N5O6. The number of rotatable bonds is 8. The summed E-state index contributed by atoms with van der Waals surface area (Å²) in [5.74, 6) is 0.776. The van der Waals surface area contributed by atoms with Crippen LogP contribution in [-0.2, 0) is 17.9 Å². The lowest BCUT2D eigenvalue weighted by atomic mass is 10.1. The number of anilines is 1. The van der Waals surface area contributed by atoms with Crippen LogP contribution in [-0.4, -0.2) is 57.7 Å². The van der Waals surface area contributed by atoms with Gasteiger partial charge < -0.3 is 34.0 Å². The van der Waals surface area contributed by atoms with Crippen molar-refractivity contribution in [3.63, 3.8) is 0 Å². The monoisotopic (exact) mass is 535 g/mol. The Labute approximate surface area is 214 Å². The van der Waals surface area contributed by atoms with Crippen LogP contribution in [0.4, 0.5) is 24.8 Å². The van der Waals surface area contributed by atoms with E-state index in [0.717, 1.165) is 37.3 Å². The van der Waals surface area contributed by atoms with E-state index in [1.165, 1.54) is 30.5 Å². The molecule has 0 spiro atoms. The average Bonchev–Trinajstić information content (AvgIpc) is 3.33. The number of aromatic nitrogens is 3. The predicted octanol–water partition coefficient (Wildman–Crippen LogP) is 4.11. The molecule has 0 N–H and O–H groups in total. The maximum absolute atomic E-state index is 12.3. The van der Waals surface area contributed by atoms with Crippen molar-refractivity contribution in [3.05, 3.63) is 64.5 Å². The fourth-order valence-electron chi connectivity index (χ4n) is 4.28. The maximum Gasteiger partial charge on any atom is 0.573 e. The lowest BCUT2D eigenvalue weighted by Crippen LogP contribution is -2.38. The molecule has 202 valence electrons. The molecule has 2 aliphatic rings. The van der Waals surface area contributed by atoms with Gasteiger partial charge >= 0.3 is 18.2 Å². The van der Waals surface area contributed by atoms with Crippen LogP contribution in [0.25, 0.3) is 0 Å². The molecule has 1 atom stereocenters. The Bertz CT molecular complexity index is 1240. The number of halogens is 3. The van der Waals surface area contributed by atoms with E-state index in [1.54, 1.807) is 10.8 Å². The van der Waals surface area contributed by atoms with Crippen molar-refractivity contribution < 1.29 is 37.0 Å². The molecule has 1 saturated heterocycles. The van der Waals surface area contributed by atoms with E-state index in [1.807, 2.05) is 12.1 Å². The summed E-state index contributed by atoms with van der Waals surface area (Å²) in [6.45, 7) is 2.42. The van der Waals surface area contributed by atoms with Crippen molar-refractivity contribution in [2.75, 3.05) is 24.6 Å². The summed E-state index contributed by atoms with van der Waals surface area (Å²) < 4.78 is 59.6. The predicted molar refractivity (Wildman–Crippen MR) is 126 cm³/mol. The summed E-state index contributed by atoms with van der Waals surface area (Å²) in [4.78, 5) is 20.8. The van der Waals surface area contributed by atoms with Crippen molar-refractivity contribution >= 4 is 11.6 Å². The second kappa shape index (κ2) is 10.7. The number of nitrogens with zero attached hydrogens (tertiary/aromatic N) is 5. The Morgan fingerprint density at radius 2 is 1.82 bits per heavy atom. The highest BCUT2D eigenvalue weighted by Crippen LogP contribution is 2.27. The number of piperidine rings is 1. The number of ether oxygens (including phenoxy) is 4. The summed E-state index contributed by atoms with van der Waals surface area (Å²) in [7, 11) is 0. The quantitative estimate of drug-likeness (QED) is 0.311. The number of fused-ring (bicyclic) bond motifs is 1. The third-order valence-corrected chi connectivity index (χ3v) is 6.13. The van der Waals surface area contributed by atoms with Crippen LogP contribution in [0.5, 0.6) is 17.5 Å². The van der Waals surface area contributed by atoms with E-state index >= 15 is 0 Å². The number of nitro groups is 1. The van der Waals surface area contributed by atoms with Gasteiger partial charge in [0.1, 0.15) is 42.3 Å². The van der Waals surface area contributed by atoms with E-state index < -0.39 is 11.3 Å². The molecule has 0 saturated carbocycles.